The highest BCUT2D eigenvalue weighted by Gasteiger charge is 2.27. The molecule has 0 bridgehead atoms. The van der Waals surface area contributed by atoms with Gasteiger partial charge in [-0.2, -0.15) is 0 Å². The summed E-state index contributed by atoms with van der Waals surface area (Å²) in [5, 5.41) is 2.74. The summed E-state index contributed by atoms with van der Waals surface area (Å²) >= 11 is 0. The van der Waals surface area contributed by atoms with Crippen LogP contribution >= 0.6 is 0 Å². The zero-order chi connectivity index (χ0) is 22.4. The van der Waals surface area contributed by atoms with Crippen LogP contribution in [0, 0.1) is 5.92 Å². The Balaban J connectivity index is 1.46. The van der Waals surface area contributed by atoms with Gasteiger partial charge in [0.1, 0.15) is 5.60 Å². The van der Waals surface area contributed by atoms with Crippen molar-refractivity contribution >= 4 is 17.7 Å². The van der Waals surface area contributed by atoms with Crippen LogP contribution in [0.25, 0.3) is 11.1 Å². The fourth-order valence-corrected chi connectivity index (χ4v) is 3.29. The monoisotopic (exact) mass is 426 g/mol. The molecule has 1 aromatic carbocycles. The summed E-state index contributed by atoms with van der Waals surface area (Å²) in [6.07, 6.45) is 4.91. The van der Waals surface area contributed by atoms with Crippen LogP contribution in [0.15, 0.2) is 36.7 Å². The van der Waals surface area contributed by atoms with Crippen LogP contribution < -0.4 is 10.1 Å². The van der Waals surface area contributed by atoms with E-state index in [9.17, 15) is 9.59 Å². The molecule has 0 atom stereocenters. The maximum Gasteiger partial charge on any atom is 0.410 e. The summed E-state index contributed by atoms with van der Waals surface area (Å²) < 4.78 is 11.2. The molecule has 0 radical (unpaired) electrons. The van der Waals surface area contributed by atoms with E-state index in [-0.39, 0.29) is 12.0 Å². The highest BCUT2D eigenvalue weighted by atomic mass is 16.6. The summed E-state index contributed by atoms with van der Waals surface area (Å²) in [4.78, 5) is 33.6. The standard InChI is InChI=1S/C23H30N4O4/c1-16(28)26-20-7-5-18(6-8-20)19-13-24-21(25-14-19)30-15-17-9-11-27(12-10-17)22(29)31-23(2,3)4/h5-8,13-14,17H,9-12,15H2,1-4H3,(H,26,28). The molecular weight excluding hydrogens is 396 g/mol. The Kier molecular flexibility index (Phi) is 7.09. The van der Waals surface area contributed by atoms with Crippen molar-refractivity contribution in [1.29, 1.82) is 0 Å². The molecule has 0 aliphatic carbocycles. The first kappa shape index (κ1) is 22.5. The van der Waals surface area contributed by atoms with E-state index in [4.69, 9.17) is 9.47 Å². The molecule has 2 aromatic rings. The van der Waals surface area contributed by atoms with E-state index >= 15 is 0 Å². The van der Waals surface area contributed by atoms with Gasteiger partial charge in [-0.3, -0.25) is 4.79 Å². The zero-order valence-electron chi connectivity index (χ0n) is 18.6. The molecule has 8 nitrogen and oxygen atoms in total. The maximum absolute atomic E-state index is 12.1. The molecule has 0 saturated carbocycles. The Morgan fingerprint density at radius 2 is 1.68 bits per heavy atom. The minimum absolute atomic E-state index is 0.104. The molecule has 1 N–H and O–H groups in total. The molecule has 0 unspecified atom stereocenters. The third-order valence-corrected chi connectivity index (χ3v) is 4.88. The molecule has 1 aliphatic rings. The van der Waals surface area contributed by atoms with Gasteiger partial charge in [0.05, 0.1) is 6.61 Å². The molecule has 2 amide bonds. The van der Waals surface area contributed by atoms with E-state index in [1.54, 1.807) is 17.3 Å². The van der Waals surface area contributed by atoms with Gasteiger partial charge in [0, 0.05) is 43.7 Å². The number of likely N-dealkylation sites (tertiary alicyclic amines) is 1. The van der Waals surface area contributed by atoms with Gasteiger partial charge in [0.15, 0.2) is 0 Å². The third-order valence-electron chi connectivity index (χ3n) is 4.88. The number of aromatic nitrogens is 2. The Hall–Kier alpha value is -3.16. The largest absolute Gasteiger partial charge is 0.463 e. The van der Waals surface area contributed by atoms with Gasteiger partial charge in [0.2, 0.25) is 5.91 Å². The Morgan fingerprint density at radius 3 is 2.23 bits per heavy atom. The normalized spacial score (nSPS) is 14.8. The summed E-state index contributed by atoms with van der Waals surface area (Å²) in [7, 11) is 0. The van der Waals surface area contributed by atoms with Gasteiger partial charge in [-0.1, -0.05) is 12.1 Å². The number of benzene rings is 1. The highest BCUT2D eigenvalue weighted by molar-refractivity contribution is 5.88. The predicted molar refractivity (Wildman–Crippen MR) is 118 cm³/mol. The molecule has 0 spiro atoms. The molecule has 8 heteroatoms. The second kappa shape index (κ2) is 9.76. The second-order valence-corrected chi connectivity index (χ2v) is 8.73. The fraction of sp³-hybridized carbons (Fsp3) is 0.478. The van der Waals surface area contributed by atoms with Crippen molar-refractivity contribution in [1.82, 2.24) is 14.9 Å². The minimum atomic E-state index is -0.478. The van der Waals surface area contributed by atoms with Crippen LogP contribution in [0.3, 0.4) is 0 Å². The lowest BCUT2D eigenvalue weighted by molar-refractivity contribution is -0.114. The SMILES string of the molecule is CC(=O)Nc1ccc(-c2cnc(OCC3CCN(C(=O)OC(C)(C)C)CC3)nc2)cc1. The van der Waals surface area contributed by atoms with Crippen LogP contribution in [0.2, 0.25) is 0 Å². The molecule has 166 valence electrons. The predicted octanol–water partition coefficient (Wildman–Crippen LogP) is 4.13. The quantitative estimate of drug-likeness (QED) is 0.773. The topological polar surface area (TPSA) is 93.7 Å². The van der Waals surface area contributed by atoms with Gasteiger partial charge < -0.3 is 19.7 Å². The lowest BCUT2D eigenvalue weighted by Gasteiger charge is -2.33. The lowest BCUT2D eigenvalue weighted by atomic mass is 9.98. The van der Waals surface area contributed by atoms with Crippen LogP contribution in [-0.4, -0.2) is 52.2 Å². The average Bonchev–Trinajstić information content (AvgIpc) is 2.72. The van der Waals surface area contributed by atoms with E-state index in [2.05, 4.69) is 15.3 Å². The lowest BCUT2D eigenvalue weighted by Crippen LogP contribution is -2.42. The minimum Gasteiger partial charge on any atom is -0.463 e. The number of carbonyl (C=O) groups is 2. The van der Waals surface area contributed by atoms with E-state index in [1.807, 2.05) is 45.0 Å². The second-order valence-electron chi connectivity index (χ2n) is 8.73. The number of ether oxygens (including phenoxy) is 2. The van der Waals surface area contributed by atoms with Crippen molar-refractivity contribution < 1.29 is 19.1 Å². The number of piperidine rings is 1. The average molecular weight is 427 g/mol. The van der Waals surface area contributed by atoms with E-state index in [0.29, 0.717) is 31.6 Å². The van der Waals surface area contributed by atoms with Crippen molar-refractivity contribution in [2.45, 2.75) is 46.1 Å². The smallest absolute Gasteiger partial charge is 0.410 e. The number of carbonyl (C=O) groups excluding carboxylic acids is 2. The third kappa shape index (κ3) is 6.94. The van der Waals surface area contributed by atoms with Crippen molar-refractivity contribution in [2.24, 2.45) is 5.92 Å². The zero-order valence-corrected chi connectivity index (χ0v) is 18.6. The summed E-state index contributed by atoms with van der Waals surface area (Å²) in [6, 6.07) is 7.83. The summed E-state index contributed by atoms with van der Waals surface area (Å²) in [6.45, 7) is 8.94. The summed E-state index contributed by atoms with van der Waals surface area (Å²) in [5.74, 6) is 0.247. The molecule has 3 rings (SSSR count). The first-order chi connectivity index (χ1) is 14.7. The van der Waals surface area contributed by atoms with Gasteiger partial charge in [0.25, 0.3) is 0 Å². The molecule has 1 aromatic heterocycles. The Bertz CT molecular complexity index is 883. The van der Waals surface area contributed by atoms with Crippen molar-refractivity contribution in [2.75, 3.05) is 25.0 Å². The molecule has 1 aliphatic heterocycles. The van der Waals surface area contributed by atoms with Crippen LogP contribution in [0.5, 0.6) is 6.01 Å². The van der Waals surface area contributed by atoms with Gasteiger partial charge in [-0.25, -0.2) is 14.8 Å². The number of hydrogen-bond acceptors (Lipinski definition) is 6. The van der Waals surface area contributed by atoms with E-state index in [0.717, 1.165) is 29.7 Å². The molecular formula is C23H30N4O4. The van der Waals surface area contributed by atoms with Gasteiger partial charge in [-0.15, -0.1) is 0 Å². The number of hydrogen-bond donors (Lipinski definition) is 1. The number of amides is 2. The van der Waals surface area contributed by atoms with Crippen molar-refractivity contribution in [3.8, 4) is 17.1 Å². The number of nitrogens with one attached hydrogen (secondary N) is 1. The molecule has 31 heavy (non-hydrogen) atoms. The fourth-order valence-electron chi connectivity index (χ4n) is 3.29. The van der Waals surface area contributed by atoms with Gasteiger partial charge >= 0.3 is 12.1 Å². The van der Waals surface area contributed by atoms with E-state index < -0.39 is 5.60 Å². The van der Waals surface area contributed by atoms with Crippen molar-refractivity contribution in [3.05, 3.63) is 36.7 Å². The Morgan fingerprint density at radius 1 is 1.06 bits per heavy atom. The van der Waals surface area contributed by atoms with E-state index in [1.165, 1.54) is 6.92 Å². The first-order valence-electron chi connectivity index (χ1n) is 10.5. The number of nitrogens with zero attached hydrogens (tertiary/aromatic N) is 3. The molecule has 2 heterocycles. The highest BCUT2D eigenvalue weighted by Crippen LogP contribution is 2.23. The number of anilines is 1. The number of rotatable bonds is 5. The van der Waals surface area contributed by atoms with Crippen LogP contribution in [0.4, 0.5) is 10.5 Å². The van der Waals surface area contributed by atoms with Crippen LogP contribution in [-0.2, 0) is 9.53 Å². The summed E-state index contributed by atoms with van der Waals surface area (Å²) in [5.41, 5.74) is 2.09. The first-order valence-corrected chi connectivity index (χ1v) is 10.5. The van der Waals surface area contributed by atoms with Crippen molar-refractivity contribution in [3.63, 3.8) is 0 Å². The Labute approximate surface area is 183 Å². The molecule has 1 saturated heterocycles. The molecule has 1 fully saturated rings. The van der Waals surface area contributed by atoms with Crippen LogP contribution in [0.1, 0.15) is 40.5 Å². The maximum atomic E-state index is 12.1. The van der Waals surface area contributed by atoms with Gasteiger partial charge in [-0.05, 0) is 57.2 Å².